The van der Waals surface area contributed by atoms with Gasteiger partial charge < -0.3 is 25.4 Å². The van der Waals surface area contributed by atoms with E-state index in [9.17, 15) is 9.59 Å². The topological polar surface area (TPSA) is 93.9 Å². The Kier molecular flexibility index (Phi) is 6.11. The second-order valence-corrected chi connectivity index (χ2v) is 6.93. The van der Waals surface area contributed by atoms with E-state index in [0.717, 1.165) is 38.0 Å². The Morgan fingerprint density at radius 3 is 2.73 bits per heavy atom. The molecule has 142 valence electrons. The van der Waals surface area contributed by atoms with Crippen molar-refractivity contribution < 1.29 is 19.1 Å². The van der Waals surface area contributed by atoms with E-state index in [-0.39, 0.29) is 17.9 Å². The molecule has 2 fully saturated rings. The molecule has 3 rings (SSSR count). The Bertz CT molecular complexity index is 658. The number of nitrogens with zero attached hydrogens (tertiary/aromatic N) is 1. The first-order valence-electron chi connectivity index (χ1n) is 9.19. The third kappa shape index (κ3) is 4.34. The van der Waals surface area contributed by atoms with Crippen LogP contribution in [0.15, 0.2) is 18.2 Å². The highest BCUT2D eigenvalue weighted by molar-refractivity contribution is 6.02. The zero-order valence-electron chi connectivity index (χ0n) is 15.2. The van der Waals surface area contributed by atoms with Gasteiger partial charge in [-0.05, 0) is 37.0 Å². The minimum absolute atomic E-state index is 0.0875. The van der Waals surface area contributed by atoms with Crippen LogP contribution in [0, 0.1) is 5.92 Å². The predicted octanol–water partition coefficient (Wildman–Crippen LogP) is 1.77. The van der Waals surface area contributed by atoms with Crippen LogP contribution in [-0.2, 0) is 14.3 Å². The zero-order chi connectivity index (χ0) is 18.5. The second-order valence-electron chi connectivity index (χ2n) is 6.93. The largest absolute Gasteiger partial charge is 0.465 e. The third-order valence-corrected chi connectivity index (χ3v) is 5.22. The van der Waals surface area contributed by atoms with E-state index < -0.39 is 5.97 Å². The van der Waals surface area contributed by atoms with E-state index >= 15 is 0 Å². The van der Waals surface area contributed by atoms with E-state index in [4.69, 9.17) is 15.2 Å². The number of nitrogens with one attached hydrogen (secondary N) is 1. The fourth-order valence-corrected chi connectivity index (χ4v) is 3.70. The highest BCUT2D eigenvalue weighted by Crippen LogP contribution is 2.29. The standard InChI is InChI=1S/C19H27N3O4/c1-25-19(24)15-12-14(22-7-9-26-10-8-22)5-6-17(15)21-18(23)11-13-3-2-4-16(13)20/h5-6,12-13,16H,2-4,7-11,20H2,1H3,(H,21,23)/t13-,16+/m0/s1. The van der Waals surface area contributed by atoms with Crippen molar-refractivity contribution in [2.75, 3.05) is 43.6 Å². The fourth-order valence-electron chi connectivity index (χ4n) is 3.70. The molecule has 0 unspecified atom stereocenters. The van der Waals surface area contributed by atoms with Crippen LogP contribution in [0.4, 0.5) is 11.4 Å². The van der Waals surface area contributed by atoms with Crippen molar-refractivity contribution in [3.63, 3.8) is 0 Å². The van der Waals surface area contributed by atoms with Crippen LogP contribution in [-0.4, -0.2) is 51.3 Å². The normalized spacial score (nSPS) is 22.9. The molecule has 1 saturated carbocycles. The number of amides is 1. The van der Waals surface area contributed by atoms with Crippen LogP contribution in [0.25, 0.3) is 0 Å². The minimum atomic E-state index is -0.465. The number of carbonyl (C=O) groups excluding carboxylic acids is 2. The highest BCUT2D eigenvalue weighted by Gasteiger charge is 2.26. The molecule has 1 saturated heterocycles. The minimum Gasteiger partial charge on any atom is -0.465 e. The van der Waals surface area contributed by atoms with Gasteiger partial charge in [0.2, 0.25) is 5.91 Å². The lowest BCUT2D eigenvalue weighted by molar-refractivity contribution is -0.117. The molecule has 2 aliphatic rings. The number of hydrogen-bond acceptors (Lipinski definition) is 6. The predicted molar refractivity (Wildman–Crippen MR) is 99.4 cm³/mol. The molecule has 1 aromatic carbocycles. The molecular weight excluding hydrogens is 334 g/mol. The van der Waals surface area contributed by atoms with E-state index in [1.54, 1.807) is 12.1 Å². The summed E-state index contributed by atoms with van der Waals surface area (Å²) in [6, 6.07) is 5.54. The Morgan fingerprint density at radius 2 is 2.08 bits per heavy atom. The number of rotatable bonds is 5. The lowest BCUT2D eigenvalue weighted by Crippen LogP contribution is -2.36. The summed E-state index contributed by atoms with van der Waals surface area (Å²) in [5, 5.41) is 2.86. The average Bonchev–Trinajstić information content (AvgIpc) is 3.06. The Balaban J connectivity index is 1.74. The van der Waals surface area contributed by atoms with Crippen LogP contribution in [0.3, 0.4) is 0 Å². The first-order valence-corrected chi connectivity index (χ1v) is 9.19. The molecule has 1 amide bonds. The number of methoxy groups -OCH3 is 1. The fraction of sp³-hybridized carbons (Fsp3) is 0.579. The summed E-state index contributed by atoms with van der Waals surface area (Å²) in [5.41, 5.74) is 7.81. The average molecular weight is 361 g/mol. The van der Waals surface area contributed by atoms with E-state index in [1.807, 2.05) is 6.07 Å². The highest BCUT2D eigenvalue weighted by atomic mass is 16.5. The number of benzene rings is 1. The van der Waals surface area contributed by atoms with E-state index in [2.05, 4.69) is 10.2 Å². The summed E-state index contributed by atoms with van der Waals surface area (Å²) >= 11 is 0. The van der Waals surface area contributed by atoms with Crippen molar-refractivity contribution in [3.05, 3.63) is 23.8 Å². The van der Waals surface area contributed by atoms with Gasteiger partial charge in [0.25, 0.3) is 0 Å². The van der Waals surface area contributed by atoms with Crippen molar-refractivity contribution in [1.82, 2.24) is 0 Å². The van der Waals surface area contributed by atoms with Gasteiger partial charge in [0, 0.05) is 31.2 Å². The molecule has 1 aliphatic carbocycles. The van der Waals surface area contributed by atoms with Crippen molar-refractivity contribution in [2.24, 2.45) is 11.7 Å². The molecular formula is C19H27N3O4. The van der Waals surface area contributed by atoms with Crippen LogP contribution in [0.1, 0.15) is 36.0 Å². The molecule has 1 heterocycles. The van der Waals surface area contributed by atoms with Gasteiger partial charge in [0.1, 0.15) is 0 Å². The van der Waals surface area contributed by atoms with Gasteiger partial charge in [0.15, 0.2) is 0 Å². The smallest absolute Gasteiger partial charge is 0.340 e. The van der Waals surface area contributed by atoms with Gasteiger partial charge in [-0.2, -0.15) is 0 Å². The number of esters is 1. The zero-order valence-corrected chi connectivity index (χ0v) is 15.2. The maximum Gasteiger partial charge on any atom is 0.340 e. The van der Waals surface area contributed by atoms with E-state index in [1.165, 1.54) is 7.11 Å². The quantitative estimate of drug-likeness (QED) is 0.776. The molecule has 0 radical (unpaired) electrons. The van der Waals surface area contributed by atoms with Crippen molar-refractivity contribution in [1.29, 1.82) is 0 Å². The van der Waals surface area contributed by atoms with Gasteiger partial charge in [-0.1, -0.05) is 6.42 Å². The van der Waals surface area contributed by atoms with Crippen molar-refractivity contribution >= 4 is 23.3 Å². The number of morpholine rings is 1. The maximum atomic E-state index is 12.4. The Labute approximate surface area is 153 Å². The molecule has 0 bridgehead atoms. The summed E-state index contributed by atoms with van der Waals surface area (Å²) in [7, 11) is 1.34. The summed E-state index contributed by atoms with van der Waals surface area (Å²) in [5.74, 6) is -0.367. The molecule has 3 N–H and O–H groups in total. The monoisotopic (exact) mass is 361 g/mol. The number of hydrogen-bond donors (Lipinski definition) is 2. The summed E-state index contributed by atoms with van der Waals surface area (Å²) in [6.45, 7) is 2.86. The summed E-state index contributed by atoms with van der Waals surface area (Å²) < 4.78 is 10.3. The molecule has 1 aliphatic heterocycles. The number of ether oxygens (including phenoxy) is 2. The Hall–Kier alpha value is -2.12. The maximum absolute atomic E-state index is 12.4. The molecule has 26 heavy (non-hydrogen) atoms. The van der Waals surface area contributed by atoms with Crippen LogP contribution in [0.2, 0.25) is 0 Å². The SMILES string of the molecule is COC(=O)c1cc(N2CCOCC2)ccc1NC(=O)C[C@@H]1CCC[C@H]1N. The molecule has 7 heteroatoms. The van der Waals surface area contributed by atoms with Crippen LogP contribution >= 0.6 is 0 Å². The molecule has 0 aromatic heterocycles. The van der Waals surface area contributed by atoms with Gasteiger partial charge in [0.05, 0.1) is 31.6 Å². The summed E-state index contributed by atoms with van der Waals surface area (Å²) in [6.07, 6.45) is 3.40. The van der Waals surface area contributed by atoms with Crippen LogP contribution < -0.4 is 16.0 Å². The van der Waals surface area contributed by atoms with Gasteiger partial charge in [-0.15, -0.1) is 0 Å². The second kappa shape index (κ2) is 8.51. The molecule has 1 aromatic rings. The van der Waals surface area contributed by atoms with Crippen LogP contribution in [0.5, 0.6) is 0 Å². The third-order valence-electron chi connectivity index (χ3n) is 5.22. The lowest BCUT2D eigenvalue weighted by atomic mass is 9.99. The number of nitrogens with two attached hydrogens (primary N) is 1. The van der Waals surface area contributed by atoms with Gasteiger partial charge in [-0.25, -0.2) is 4.79 Å². The van der Waals surface area contributed by atoms with Crippen molar-refractivity contribution in [3.8, 4) is 0 Å². The molecule has 2 atom stereocenters. The number of carbonyl (C=O) groups is 2. The van der Waals surface area contributed by atoms with Gasteiger partial charge >= 0.3 is 5.97 Å². The molecule has 7 nitrogen and oxygen atoms in total. The number of anilines is 2. The Morgan fingerprint density at radius 1 is 1.31 bits per heavy atom. The first kappa shape index (κ1) is 18.7. The summed E-state index contributed by atoms with van der Waals surface area (Å²) in [4.78, 5) is 26.8. The molecule has 0 spiro atoms. The van der Waals surface area contributed by atoms with E-state index in [0.29, 0.717) is 30.9 Å². The first-order chi connectivity index (χ1) is 12.6. The van der Waals surface area contributed by atoms with Crippen molar-refractivity contribution in [2.45, 2.75) is 31.7 Å². The lowest BCUT2D eigenvalue weighted by Gasteiger charge is -2.29. The van der Waals surface area contributed by atoms with Gasteiger partial charge in [-0.3, -0.25) is 4.79 Å².